The fraction of sp³-hybridized carbons (Fsp3) is 0.214. The molecule has 0 radical (unpaired) electrons. The lowest BCUT2D eigenvalue weighted by atomic mass is 10.2. The number of fused-ring (bicyclic) bond motifs is 1. The molecule has 0 saturated carbocycles. The lowest BCUT2D eigenvalue weighted by molar-refractivity contribution is 0.397. The van der Waals surface area contributed by atoms with Crippen LogP contribution in [0.4, 0.5) is 5.82 Å². The van der Waals surface area contributed by atoms with Crippen molar-refractivity contribution < 1.29 is 4.74 Å². The maximum Gasteiger partial charge on any atom is 0.212 e. The summed E-state index contributed by atoms with van der Waals surface area (Å²) in [4.78, 5) is 15.2. The number of aromatic nitrogens is 3. The third-order valence-electron chi connectivity index (χ3n) is 2.96. The maximum absolute atomic E-state index is 5.99. The monoisotopic (exact) mass is 286 g/mol. The molecule has 3 aromatic heterocycles. The molecular formula is C14H14N4OS. The molecule has 3 heterocycles. The minimum Gasteiger partial charge on any atom is -0.481 e. The summed E-state index contributed by atoms with van der Waals surface area (Å²) in [6, 6.07) is 5.80. The van der Waals surface area contributed by atoms with Crippen LogP contribution in [0.15, 0.2) is 24.4 Å². The lowest BCUT2D eigenvalue weighted by Gasteiger charge is -2.03. The fourth-order valence-electron chi connectivity index (χ4n) is 2.01. The molecule has 0 atom stereocenters. The van der Waals surface area contributed by atoms with Gasteiger partial charge in [-0.25, -0.2) is 15.0 Å². The summed E-state index contributed by atoms with van der Waals surface area (Å²) in [6.07, 6.45) is 2.37. The van der Waals surface area contributed by atoms with Crippen molar-refractivity contribution >= 4 is 27.4 Å². The van der Waals surface area contributed by atoms with Crippen molar-refractivity contribution in [1.82, 2.24) is 15.0 Å². The summed E-state index contributed by atoms with van der Waals surface area (Å²) < 4.78 is 5.04. The normalized spacial score (nSPS) is 10.9. The molecule has 0 unspecified atom stereocenters. The van der Waals surface area contributed by atoms with Crippen LogP contribution in [0.2, 0.25) is 0 Å². The van der Waals surface area contributed by atoms with Crippen LogP contribution < -0.4 is 10.5 Å². The number of anilines is 1. The molecule has 0 fully saturated rings. The molecule has 0 aliphatic heterocycles. The minimum absolute atomic E-state index is 0.538. The van der Waals surface area contributed by atoms with Gasteiger partial charge in [-0.3, -0.25) is 0 Å². The highest BCUT2D eigenvalue weighted by molar-refractivity contribution is 7.18. The zero-order valence-electron chi connectivity index (χ0n) is 11.3. The minimum atomic E-state index is 0.538. The molecule has 0 aliphatic rings. The summed E-state index contributed by atoms with van der Waals surface area (Å²) in [6.45, 7) is 2.04. The van der Waals surface area contributed by atoms with E-state index in [-0.39, 0.29) is 0 Å². The largest absolute Gasteiger partial charge is 0.481 e. The molecule has 0 spiro atoms. The predicted molar refractivity (Wildman–Crippen MR) is 80.2 cm³/mol. The van der Waals surface area contributed by atoms with E-state index in [1.165, 1.54) is 4.88 Å². The number of pyridine rings is 1. The highest BCUT2D eigenvalue weighted by Crippen LogP contribution is 2.27. The summed E-state index contributed by atoms with van der Waals surface area (Å²) in [5.41, 5.74) is 7.02. The molecule has 5 nitrogen and oxygen atoms in total. The summed E-state index contributed by atoms with van der Waals surface area (Å²) >= 11 is 1.63. The van der Waals surface area contributed by atoms with Crippen molar-refractivity contribution in [3.05, 3.63) is 40.7 Å². The topological polar surface area (TPSA) is 73.9 Å². The van der Waals surface area contributed by atoms with E-state index in [4.69, 9.17) is 10.5 Å². The third kappa shape index (κ3) is 2.42. The van der Waals surface area contributed by atoms with Gasteiger partial charge < -0.3 is 10.5 Å². The highest BCUT2D eigenvalue weighted by Gasteiger charge is 2.09. The average molecular weight is 286 g/mol. The van der Waals surface area contributed by atoms with Crippen LogP contribution in [0.5, 0.6) is 5.88 Å². The quantitative estimate of drug-likeness (QED) is 0.801. The van der Waals surface area contributed by atoms with E-state index in [1.807, 2.05) is 25.1 Å². The molecule has 102 valence electrons. The number of aryl methyl sites for hydroxylation is 1. The number of rotatable bonds is 3. The van der Waals surface area contributed by atoms with E-state index in [0.717, 1.165) is 15.8 Å². The highest BCUT2D eigenvalue weighted by atomic mass is 32.1. The van der Waals surface area contributed by atoms with Crippen molar-refractivity contribution in [2.24, 2.45) is 0 Å². The number of nitrogens with two attached hydrogens (primary N) is 1. The van der Waals surface area contributed by atoms with Crippen LogP contribution >= 0.6 is 11.3 Å². The number of hydrogen-bond donors (Lipinski definition) is 1. The van der Waals surface area contributed by atoms with Gasteiger partial charge in [0.1, 0.15) is 16.5 Å². The van der Waals surface area contributed by atoms with Crippen LogP contribution in [0.25, 0.3) is 10.2 Å². The van der Waals surface area contributed by atoms with Crippen LogP contribution in [0, 0.1) is 6.92 Å². The van der Waals surface area contributed by atoms with Crippen molar-refractivity contribution in [3.63, 3.8) is 0 Å². The molecule has 6 heteroatoms. The van der Waals surface area contributed by atoms with E-state index < -0.39 is 0 Å². The Hall–Kier alpha value is -2.21. The van der Waals surface area contributed by atoms with Gasteiger partial charge in [0.05, 0.1) is 12.5 Å². The van der Waals surface area contributed by atoms with Crippen LogP contribution in [0.1, 0.15) is 16.3 Å². The number of hydrogen-bond acceptors (Lipinski definition) is 6. The standard InChI is InChI=1S/C14H14N4OS/c1-8-5-10-13(15)17-11(18-14(10)20-8)6-9-3-4-12(19-2)16-7-9/h3-5,7H,6H2,1-2H3,(H2,15,17,18). The molecule has 0 aliphatic carbocycles. The van der Waals surface area contributed by atoms with E-state index in [9.17, 15) is 0 Å². The smallest absolute Gasteiger partial charge is 0.212 e. The van der Waals surface area contributed by atoms with E-state index in [2.05, 4.69) is 15.0 Å². The fourth-order valence-corrected chi connectivity index (χ4v) is 2.91. The Morgan fingerprint density at radius 1 is 1.30 bits per heavy atom. The van der Waals surface area contributed by atoms with Gasteiger partial charge in [0.25, 0.3) is 0 Å². The Morgan fingerprint density at radius 3 is 2.85 bits per heavy atom. The van der Waals surface area contributed by atoms with Crippen molar-refractivity contribution in [2.75, 3.05) is 12.8 Å². The Kier molecular flexibility index (Phi) is 3.23. The van der Waals surface area contributed by atoms with Crippen LogP contribution in [-0.4, -0.2) is 22.1 Å². The second-order valence-corrected chi connectivity index (χ2v) is 5.72. The second kappa shape index (κ2) is 5.05. The van der Waals surface area contributed by atoms with Gasteiger partial charge in [0.15, 0.2) is 0 Å². The maximum atomic E-state index is 5.99. The summed E-state index contributed by atoms with van der Waals surface area (Å²) in [5, 5.41) is 0.934. The van der Waals surface area contributed by atoms with E-state index in [1.54, 1.807) is 24.6 Å². The number of thiophene rings is 1. The molecule has 0 aromatic carbocycles. The number of ether oxygens (including phenoxy) is 1. The molecule has 3 rings (SSSR count). The van der Waals surface area contributed by atoms with Gasteiger partial charge in [-0.1, -0.05) is 6.07 Å². The molecule has 0 amide bonds. The van der Waals surface area contributed by atoms with E-state index >= 15 is 0 Å². The van der Waals surface area contributed by atoms with Gasteiger partial charge in [-0.15, -0.1) is 11.3 Å². The second-order valence-electron chi connectivity index (χ2n) is 4.49. The Bertz CT molecular complexity index is 752. The summed E-state index contributed by atoms with van der Waals surface area (Å²) in [7, 11) is 1.60. The van der Waals surface area contributed by atoms with Gasteiger partial charge in [-0.2, -0.15) is 0 Å². The molecule has 20 heavy (non-hydrogen) atoms. The molecule has 0 saturated heterocycles. The first kappa shape index (κ1) is 12.8. The zero-order chi connectivity index (χ0) is 14.1. The van der Waals surface area contributed by atoms with Gasteiger partial charge in [0.2, 0.25) is 5.88 Å². The molecular weight excluding hydrogens is 272 g/mol. The predicted octanol–water partition coefficient (Wildman–Crippen LogP) is 2.58. The first-order valence-electron chi connectivity index (χ1n) is 6.17. The molecule has 3 aromatic rings. The number of methoxy groups -OCH3 is 1. The molecule has 0 bridgehead atoms. The lowest BCUT2D eigenvalue weighted by Crippen LogP contribution is -2.01. The van der Waals surface area contributed by atoms with Crippen molar-refractivity contribution in [3.8, 4) is 5.88 Å². The van der Waals surface area contributed by atoms with Gasteiger partial charge >= 0.3 is 0 Å². The zero-order valence-corrected chi connectivity index (χ0v) is 12.1. The first-order valence-corrected chi connectivity index (χ1v) is 6.99. The van der Waals surface area contributed by atoms with Crippen LogP contribution in [0.3, 0.4) is 0 Å². The van der Waals surface area contributed by atoms with Crippen molar-refractivity contribution in [2.45, 2.75) is 13.3 Å². The Morgan fingerprint density at radius 2 is 2.15 bits per heavy atom. The number of nitrogens with zero attached hydrogens (tertiary/aromatic N) is 3. The van der Waals surface area contributed by atoms with Crippen molar-refractivity contribution in [1.29, 1.82) is 0 Å². The first-order chi connectivity index (χ1) is 9.65. The SMILES string of the molecule is COc1ccc(Cc2nc(N)c3cc(C)sc3n2)cn1. The summed E-state index contributed by atoms with van der Waals surface area (Å²) in [5.74, 6) is 1.85. The Balaban J connectivity index is 1.93. The average Bonchev–Trinajstić information content (AvgIpc) is 2.81. The Labute approximate surface area is 120 Å². The van der Waals surface area contributed by atoms with E-state index in [0.29, 0.717) is 23.9 Å². The van der Waals surface area contributed by atoms with Crippen LogP contribution in [-0.2, 0) is 6.42 Å². The molecule has 2 N–H and O–H groups in total. The van der Waals surface area contributed by atoms with Gasteiger partial charge in [0, 0.05) is 23.6 Å². The van der Waals surface area contributed by atoms with Gasteiger partial charge in [-0.05, 0) is 18.6 Å². The third-order valence-corrected chi connectivity index (χ3v) is 3.91. The number of nitrogen functional groups attached to an aromatic ring is 1.